The van der Waals surface area contributed by atoms with Gasteiger partial charge in [0.1, 0.15) is 5.76 Å². The standard InChI is InChI=1S/C12H17NO2/c1-5-15-9(2)11-6-7-12(13-8-11)10(3)14-4/h6-8,10H,2,5H2,1,3-4H3. The van der Waals surface area contributed by atoms with Gasteiger partial charge in [0, 0.05) is 18.9 Å². The van der Waals surface area contributed by atoms with Crippen LogP contribution in [0.2, 0.25) is 0 Å². The number of methoxy groups -OCH3 is 1. The Kier molecular flexibility index (Phi) is 4.31. The molecule has 0 spiro atoms. The monoisotopic (exact) mass is 207 g/mol. The predicted molar refractivity (Wildman–Crippen MR) is 60.3 cm³/mol. The Bertz CT molecular complexity index is 319. The van der Waals surface area contributed by atoms with Crippen molar-refractivity contribution in [3.8, 4) is 0 Å². The van der Waals surface area contributed by atoms with E-state index in [0.717, 1.165) is 11.3 Å². The summed E-state index contributed by atoms with van der Waals surface area (Å²) in [6.07, 6.45) is 1.77. The maximum absolute atomic E-state index is 5.29. The summed E-state index contributed by atoms with van der Waals surface area (Å²) in [5, 5.41) is 0. The van der Waals surface area contributed by atoms with Crippen LogP contribution in [0.25, 0.3) is 5.76 Å². The van der Waals surface area contributed by atoms with E-state index < -0.39 is 0 Å². The largest absolute Gasteiger partial charge is 0.494 e. The van der Waals surface area contributed by atoms with E-state index in [-0.39, 0.29) is 6.10 Å². The van der Waals surface area contributed by atoms with Crippen LogP contribution in [-0.4, -0.2) is 18.7 Å². The summed E-state index contributed by atoms with van der Waals surface area (Å²) in [7, 11) is 1.67. The molecule has 0 aromatic carbocycles. The minimum atomic E-state index is 0.0133. The van der Waals surface area contributed by atoms with Crippen molar-refractivity contribution in [2.24, 2.45) is 0 Å². The maximum Gasteiger partial charge on any atom is 0.120 e. The van der Waals surface area contributed by atoms with Crippen LogP contribution < -0.4 is 0 Å². The number of rotatable bonds is 5. The molecular formula is C12H17NO2. The third-order valence-electron chi connectivity index (χ3n) is 2.20. The Morgan fingerprint density at radius 2 is 2.27 bits per heavy atom. The van der Waals surface area contributed by atoms with E-state index in [0.29, 0.717) is 12.4 Å². The third kappa shape index (κ3) is 3.06. The number of pyridine rings is 1. The Hall–Kier alpha value is -1.35. The molecule has 0 aliphatic heterocycles. The van der Waals surface area contributed by atoms with Crippen LogP contribution in [0.4, 0.5) is 0 Å². The molecular weight excluding hydrogens is 190 g/mol. The summed E-state index contributed by atoms with van der Waals surface area (Å²) in [6, 6.07) is 3.86. The van der Waals surface area contributed by atoms with Crippen LogP contribution in [0.5, 0.6) is 0 Å². The molecule has 0 aliphatic rings. The van der Waals surface area contributed by atoms with Crippen LogP contribution >= 0.6 is 0 Å². The fraction of sp³-hybridized carbons (Fsp3) is 0.417. The maximum atomic E-state index is 5.29. The zero-order valence-electron chi connectivity index (χ0n) is 9.49. The molecule has 0 aliphatic carbocycles. The smallest absolute Gasteiger partial charge is 0.120 e. The molecule has 0 saturated carbocycles. The first-order valence-corrected chi connectivity index (χ1v) is 4.99. The molecule has 82 valence electrons. The molecule has 3 nitrogen and oxygen atoms in total. The fourth-order valence-corrected chi connectivity index (χ4v) is 1.19. The lowest BCUT2D eigenvalue weighted by atomic mass is 10.2. The molecule has 0 bridgehead atoms. The second-order valence-corrected chi connectivity index (χ2v) is 3.21. The number of hydrogen-bond donors (Lipinski definition) is 0. The highest BCUT2D eigenvalue weighted by Gasteiger charge is 2.06. The van der Waals surface area contributed by atoms with Gasteiger partial charge in [-0.05, 0) is 26.0 Å². The molecule has 1 aromatic heterocycles. The van der Waals surface area contributed by atoms with E-state index in [1.807, 2.05) is 26.0 Å². The zero-order chi connectivity index (χ0) is 11.3. The number of ether oxygens (including phenoxy) is 2. The molecule has 0 fully saturated rings. The van der Waals surface area contributed by atoms with Gasteiger partial charge in [-0.1, -0.05) is 6.58 Å². The van der Waals surface area contributed by atoms with Crippen molar-refractivity contribution in [3.63, 3.8) is 0 Å². The summed E-state index contributed by atoms with van der Waals surface area (Å²) in [5.41, 5.74) is 1.81. The SMILES string of the molecule is C=C(OCC)c1ccc(C(C)OC)nc1. The summed E-state index contributed by atoms with van der Waals surface area (Å²) in [4.78, 5) is 4.29. The molecule has 1 heterocycles. The van der Waals surface area contributed by atoms with Crippen LogP contribution in [0.15, 0.2) is 24.9 Å². The fourth-order valence-electron chi connectivity index (χ4n) is 1.19. The average Bonchev–Trinajstić information content (AvgIpc) is 2.28. The van der Waals surface area contributed by atoms with Crippen molar-refractivity contribution < 1.29 is 9.47 Å². The van der Waals surface area contributed by atoms with Gasteiger partial charge in [-0.3, -0.25) is 4.98 Å². The highest BCUT2D eigenvalue weighted by molar-refractivity contribution is 5.56. The van der Waals surface area contributed by atoms with Crippen LogP contribution in [0, 0.1) is 0 Å². The van der Waals surface area contributed by atoms with Gasteiger partial charge in [-0.2, -0.15) is 0 Å². The quantitative estimate of drug-likeness (QED) is 0.696. The van der Waals surface area contributed by atoms with Crippen molar-refractivity contribution in [1.82, 2.24) is 4.98 Å². The molecule has 3 heteroatoms. The first kappa shape index (κ1) is 11.7. The highest BCUT2D eigenvalue weighted by Crippen LogP contribution is 2.17. The van der Waals surface area contributed by atoms with Crippen LogP contribution in [0.1, 0.15) is 31.2 Å². The van der Waals surface area contributed by atoms with Crippen molar-refractivity contribution in [3.05, 3.63) is 36.2 Å². The topological polar surface area (TPSA) is 31.4 Å². The Balaban J connectivity index is 2.76. The first-order valence-electron chi connectivity index (χ1n) is 4.99. The summed E-state index contributed by atoms with van der Waals surface area (Å²) in [6.45, 7) is 8.32. The van der Waals surface area contributed by atoms with E-state index in [2.05, 4.69) is 11.6 Å². The van der Waals surface area contributed by atoms with Gasteiger partial charge in [-0.15, -0.1) is 0 Å². The number of aromatic nitrogens is 1. The van der Waals surface area contributed by atoms with E-state index in [1.165, 1.54) is 0 Å². The molecule has 1 unspecified atom stereocenters. The predicted octanol–water partition coefficient (Wildman–Crippen LogP) is 2.80. The van der Waals surface area contributed by atoms with Gasteiger partial charge in [0.25, 0.3) is 0 Å². The van der Waals surface area contributed by atoms with E-state index in [9.17, 15) is 0 Å². The number of nitrogens with zero attached hydrogens (tertiary/aromatic N) is 1. The molecule has 0 amide bonds. The van der Waals surface area contributed by atoms with Gasteiger partial charge in [0.2, 0.25) is 0 Å². The zero-order valence-corrected chi connectivity index (χ0v) is 9.49. The Labute approximate surface area is 90.7 Å². The molecule has 0 saturated heterocycles. The minimum absolute atomic E-state index is 0.0133. The second kappa shape index (κ2) is 5.51. The lowest BCUT2D eigenvalue weighted by molar-refractivity contribution is 0.116. The summed E-state index contributed by atoms with van der Waals surface area (Å²) in [5.74, 6) is 0.654. The van der Waals surface area contributed by atoms with Crippen LogP contribution in [-0.2, 0) is 9.47 Å². The van der Waals surface area contributed by atoms with Crippen LogP contribution in [0.3, 0.4) is 0 Å². The van der Waals surface area contributed by atoms with Gasteiger partial charge in [-0.25, -0.2) is 0 Å². The Morgan fingerprint density at radius 1 is 1.53 bits per heavy atom. The van der Waals surface area contributed by atoms with Gasteiger partial charge < -0.3 is 9.47 Å². The lowest BCUT2D eigenvalue weighted by Crippen LogP contribution is -1.99. The summed E-state index contributed by atoms with van der Waals surface area (Å²) >= 11 is 0. The first-order chi connectivity index (χ1) is 7.19. The Morgan fingerprint density at radius 3 is 2.73 bits per heavy atom. The third-order valence-corrected chi connectivity index (χ3v) is 2.20. The highest BCUT2D eigenvalue weighted by atomic mass is 16.5. The van der Waals surface area contributed by atoms with E-state index in [1.54, 1.807) is 13.3 Å². The summed E-state index contributed by atoms with van der Waals surface area (Å²) < 4.78 is 10.5. The molecule has 1 atom stereocenters. The van der Waals surface area contributed by atoms with Crippen molar-refractivity contribution in [2.45, 2.75) is 20.0 Å². The van der Waals surface area contributed by atoms with Gasteiger partial charge in [0.05, 0.1) is 18.4 Å². The van der Waals surface area contributed by atoms with E-state index >= 15 is 0 Å². The molecule has 15 heavy (non-hydrogen) atoms. The molecule has 0 radical (unpaired) electrons. The number of hydrogen-bond acceptors (Lipinski definition) is 3. The molecule has 1 rings (SSSR count). The average molecular weight is 207 g/mol. The van der Waals surface area contributed by atoms with Crippen molar-refractivity contribution in [2.75, 3.05) is 13.7 Å². The normalized spacial score (nSPS) is 12.2. The molecule has 1 aromatic rings. The molecule has 0 N–H and O–H groups in total. The van der Waals surface area contributed by atoms with Gasteiger partial charge >= 0.3 is 0 Å². The van der Waals surface area contributed by atoms with Crippen molar-refractivity contribution in [1.29, 1.82) is 0 Å². The second-order valence-electron chi connectivity index (χ2n) is 3.21. The lowest BCUT2D eigenvalue weighted by Gasteiger charge is -2.10. The van der Waals surface area contributed by atoms with E-state index in [4.69, 9.17) is 9.47 Å². The van der Waals surface area contributed by atoms with Crippen molar-refractivity contribution >= 4 is 5.76 Å². The minimum Gasteiger partial charge on any atom is -0.494 e. The van der Waals surface area contributed by atoms with Gasteiger partial charge in [0.15, 0.2) is 0 Å².